The topological polar surface area (TPSA) is 55.2 Å². The van der Waals surface area contributed by atoms with E-state index in [0.717, 1.165) is 45.4 Å². The zero-order valence-corrected chi connectivity index (χ0v) is 13.8. The normalized spacial score (nSPS) is 25.9. The molecule has 2 fully saturated rings. The van der Waals surface area contributed by atoms with E-state index in [-0.39, 0.29) is 11.9 Å². The Morgan fingerprint density at radius 1 is 1.17 bits per heavy atom. The van der Waals surface area contributed by atoms with Gasteiger partial charge in [-0.1, -0.05) is 29.6 Å². The van der Waals surface area contributed by atoms with Crippen LogP contribution in [0.2, 0.25) is 5.02 Å². The van der Waals surface area contributed by atoms with Crippen molar-refractivity contribution in [3.63, 3.8) is 0 Å². The first-order valence-electron chi connectivity index (χ1n) is 8.17. The molecule has 0 radical (unpaired) electrons. The van der Waals surface area contributed by atoms with Crippen molar-refractivity contribution in [2.24, 2.45) is 5.11 Å². The largest absolute Gasteiger partial charge is 0.367 e. The van der Waals surface area contributed by atoms with Crippen LogP contribution in [0.25, 0.3) is 10.4 Å². The molecule has 1 aliphatic heterocycles. The number of rotatable bonds is 3. The van der Waals surface area contributed by atoms with Crippen molar-refractivity contribution >= 4 is 17.3 Å². The first-order valence-corrected chi connectivity index (χ1v) is 8.55. The van der Waals surface area contributed by atoms with E-state index in [0.29, 0.717) is 16.8 Å². The maximum absolute atomic E-state index is 14.1. The minimum Gasteiger partial charge on any atom is -0.367 e. The van der Waals surface area contributed by atoms with Gasteiger partial charge >= 0.3 is 0 Å². The Hall–Kier alpha value is -1.49. The first-order chi connectivity index (χ1) is 11.2. The average Bonchev–Trinajstić information content (AvgIpc) is 2.56. The summed E-state index contributed by atoms with van der Waals surface area (Å²) >= 11 is 5.82. The quantitative estimate of drug-likeness (QED) is 0.471. The van der Waals surface area contributed by atoms with Crippen molar-refractivity contribution in [2.75, 3.05) is 31.1 Å². The van der Waals surface area contributed by atoms with Crippen LogP contribution in [0, 0.1) is 5.82 Å². The molecular formula is C16H21ClFN5. The molecule has 1 saturated carbocycles. The molecule has 23 heavy (non-hydrogen) atoms. The number of benzene rings is 1. The Balaban J connectivity index is 1.64. The van der Waals surface area contributed by atoms with Crippen molar-refractivity contribution in [2.45, 2.75) is 37.8 Å². The molecule has 124 valence electrons. The molecule has 0 N–H and O–H groups in total. The molecule has 7 heteroatoms. The Kier molecular flexibility index (Phi) is 5.26. The van der Waals surface area contributed by atoms with Gasteiger partial charge in [-0.2, -0.15) is 0 Å². The molecular weight excluding hydrogens is 317 g/mol. The molecule has 0 spiro atoms. The molecule has 2 atom stereocenters. The summed E-state index contributed by atoms with van der Waals surface area (Å²) in [6.45, 7) is 3.28. The summed E-state index contributed by atoms with van der Waals surface area (Å²) in [5, 5.41) is 4.41. The number of halogens is 2. The first kappa shape index (κ1) is 16.4. The van der Waals surface area contributed by atoms with Gasteiger partial charge in [-0.15, -0.1) is 0 Å². The summed E-state index contributed by atoms with van der Waals surface area (Å²) in [6.07, 6.45) is 4.38. The van der Waals surface area contributed by atoms with Crippen LogP contribution >= 0.6 is 11.6 Å². The Morgan fingerprint density at radius 3 is 2.61 bits per heavy atom. The van der Waals surface area contributed by atoms with E-state index in [2.05, 4.69) is 19.8 Å². The Morgan fingerprint density at radius 2 is 1.91 bits per heavy atom. The van der Waals surface area contributed by atoms with Crippen molar-refractivity contribution < 1.29 is 4.39 Å². The Bertz CT molecular complexity index is 596. The van der Waals surface area contributed by atoms with Gasteiger partial charge in [0, 0.05) is 42.2 Å². The zero-order chi connectivity index (χ0) is 16.2. The van der Waals surface area contributed by atoms with E-state index in [4.69, 9.17) is 17.1 Å². The average molecular weight is 338 g/mol. The maximum Gasteiger partial charge on any atom is 0.147 e. The van der Waals surface area contributed by atoms with Gasteiger partial charge < -0.3 is 4.90 Å². The molecule has 0 unspecified atom stereocenters. The molecule has 5 nitrogen and oxygen atoms in total. The third-order valence-corrected chi connectivity index (χ3v) is 5.16. The number of piperazine rings is 1. The Labute approximate surface area is 140 Å². The summed E-state index contributed by atoms with van der Waals surface area (Å²) < 4.78 is 14.1. The zero-order valence-electron chi connectivity index (χ0n) is 13.0. The molecule has 1 aromatic carbocycles. The van der Waals surface area contributed by atoms with E-state index < -0.39 is 0 Å². The van der Waals surface area contributed by atoms with Gasteiger partial charge in [-0.3, -0.25) is 4.90 Å². The van der Waals surface area contributed by atoms with Gasteiger partial charge in [0.2, 0.25) is 0 Å². The highest BCUT2D eigenvalue weighted by atomic mass is 35.5. The number of hydrogen-bond donors (Lipinski definition) is 0. The van der Waals surface area contributed by atoms with E-state index in [1.807, 2.05) is 0 Å². The van der Waals surface area contributed by atoms with Gasteiger partial charge in [0.1, 0.15) is 5.82 Å². The standard InChI is InChI=1S/C16H21ClFN5/c17-12-5-6-15(13(18)11-12)22-7-9-23(10-8-22)16-4-2-1-3-14(16)20-21-19/h5-6,11,14,16H,1-4,7-10H2/t14-,16-/m0/s1. The number of azide groups is 1. The van der Waals surface area contributed by atoms with E-state index in [9.17, 15) is 4.39 Å². The highest BCUT2D eigenvalue weighted by Crippen LogP contribution is 2.29. The van der Waals surface area contributed by atoms with Crippen molar-refractivity contribution in [1.29, 1.82) is 0 Å². The van der Waals surface area contributed by atoms with E-state index in [1.54, 1.807) is 12.1 Å². The third-order valence-electron chi connectivity index (χ3n) is 4.93. The van der Waals surface area contributed by atoms with Gasteiger partial charge in [-0.05, 0) is 36.6 Å². The van der Waals surface area contributed by atoms with Gasteiger partial charge in [-0.25, -0.2) is 4.39 Å². The summed E-state index contributed by atoms with van der Waals surface area (Å²) in [5.41, 5.74) is 9.37. The van der Waals surface area contributed by atoms with Crippen molar-refractivity contribution in [3.8, 4) is 0 Å². The predicted octanol–water partition coefficient (Wildman–Crippen LogP) is 4.22. The molecule has 3 rings (SSSR count). The molecule has 1 heterocycles. The van der Waals surface area contributed by atoms with E-state index in [1.165, 1.54) is 12.5 Å². The summed E-state index contributed by atoms with van der Waals surface area (Å²) in [7, 11) is 0. The molecule has 0 bridgehead atoms. The molecule has 1 saturated heterocycles. The lowest BCUT2D eigenvalue weighted by atomic mass is 9.89. The molecule has 1 aromatic rings. The second kappa shape index (κ2) is 7.39. The SMILES string of the molecule is [N-]=[N+]=N[C@H]1CCCC[C@@H]1N1CCN(c2ccc(Cl)cc2F)CC1. The van der Waals surface area contributed by atoms with Gasteiger partial charge in [0.05, 0.1) is 11.7 Å². The minimum atomic E-state index is -0.268. The second-order valence-electron chi connectivity index (χ2n) is 6.24. The smallest absolute Gasteiger partial charge is 0.147 e. The lowest BCUT2D eigenvalue weighted by Crippen LogP contribution is -2.54. The van der Waals surface area contributed by atoms with Crippen LogP contribution in [-0.4, -0.2) is 43.2 Å². The highest BCUT2D eigenvalue weighted by Gasteiger charge is 2.31. The highest BCUT2D eigenvalue weighted by molar-refractivity contribution is 6.30. The summed E-state index contributed by atoms with van der Waals surface area (Å²) in [6, 6.07) is 5.24. The van der Waals surface area contributed by atoms with Crippen LogP contribution in [0.4, 0.5) is 10.1 Å². The fourth-order valence-electron chi connectivity index (χ4n) is 3.75. The van der Waals surface area contributed by atoms with Crippen LogP contribution in [0.3, 0.4) is 0 Å². The van der Waals surface area contributed by atoms with Gasteiger partial charge in [0.15, 0.2) is 0 Å². The maximum atomic E-state index is 14.1. The third kappa shape index (κ3) is 3.71. The van der Waals surface area contributed by atoms with E-state index >= 15 is 0 Å². The van der Waals surface area contributed by atoms with Crippen LogP contribution in [0.5, 0.6) is 0 Å². The predicted molar refractivity (Wildman–Crippen MR) is 90.4 cm³/mol. The molecule has 2 aliphatic rings. The number of hydrogen-bond acceptors (Lipinski definition) is 3. The molecule has 0 aromatic heterocycles. The minimum absolute atomic E-state index is 0.0765. The van der Waals surface area contributed by atoms with Crippen LogP contribution in [-0.2, 0) is 0 Å². The molecule has 0 amide bonds. The van der Waals surface area contributed by atoms with Gasteiger partial charge in [0.25, 0.3) is 0 Å². The number of nitrogens with zero attached hydrogens (tertiary/aromatic N) is 5. The van der Waals surface area contributed by atoms with Crippen LogP contribution in [0.1, 0.15) is 25.7 Å². The summed E-state index contributed by atoms with van der Waals surface area (Å²) in [4.78, 5) is 7.48. The number of anilines is 1. The lowest BCUT2D eigenvalue weighted by Gasteiger charge is -2.43. The summed E-state index contributed by atoms with van der Waals surface area (Å²) in [5.74, 6) is -0.268. The van der Waals surface area contributed by atoms with Crippen molar-refractivity contribution in [3.05, 3.63) is 39.5 Å². The monoisotopic (exact) mass is 337 g/mol. The van der Waals surface area contributed by atoms with Crippen LogP contribution in [0.15, 0.2) is 23.3 Å². The second-order valence-corrected chi connectivity index (χ2v) is 6.68. The fourth-order valence-corrected chi connectivity index (χ4v) is 3.91. The van der Waals surface area contributed by atoms with Crippen molar-refractivity contribution in [1.82, 2.24) is 4.90 Å². The van der Waals surface area contributed by atoms with Crippen LogP contribution < -0.4 is 4.90 Å². The lowest BCUT2D eigenvalue weighted by molar-refractivity contribution is 0.130. The fraction of sp³-hybridized carbons (Fsp3) is 0.625. The molecule has 1 aliphatic carbocycles.